The van der Waals surface area contributed by atoms with Crippen LogP contribution in [0, 0.1) is 13.8 Å². The molecule has 0 aliphatic heterocycles. The molecule has 21 heavy (non-hydrogen) atoms. The van der Waals surface area contributed by atoms with E-state index < -0.39 is 0 Å². The molecule has 0 spiro atoms. The van der Waals surface area contributed by atoms with E-state index in [0.29, 0.717) is 18.1 Å². The number of nitrogens with one attached hydrogen (secondary N) is 2. The van der Waals surface area contributed by atoms with E-state index in [0.717, 1.165) is 5.69 Å². The number of nitrogens with zero attached hydrogens (tertiary/aromatic N) is 2. The molecule has 0 bridgehead atoms. The summed E-state index contributed by atoms with van der Waals surface area (Å²) in [5.41, 5.74) is 3.76. The Hall–Kier alpha value is -2.69. The highest BCUT2D eigenvalue weighted by Gasteiger charge is 2.06. The second-order valence-electron chi connectivity index (χ2n) is 4.72. The smallest absolute Gasteiger partial charge is 0.254 e. The van der Waals surface area contributed by atoms with Gasteiger partial charge in [0.05, 0.1) is 5.56 Å². The molecule has 0 saturated carbocycles. The lowest BCUT2D eigenvalue weighted by molar-refractivity contribution is 0.0957. The molecule has 0 fully saturated rings. The van der Waals surface area contributed by atoms with E-state index in [2.05, 4.69) is 41.0 Å². The van der Waals surface area contributed by atoms with E-state index in [9.17, 15) is 4.79 Å². The van der Waals surface area contributed by atoms with Gasteiger partial charge in [-0.05, 0) is 37.1 Å². The van der Waals surface area contributed by atoms with E-state index >= 15 is 0 Å². The van der Waals surface area contributed by atoms with Gasteiger partial charge in [0.15, 0.2) is 0 Å². The maximum Gasteiger partial charge on any atom is 0.254 e. The molecule has 1 amide bonds. The number of aryl methyl sites for hydroxylation is 2. The van der Waals surface area contributed by atoms with Crippen LogP contribution in [0.3, 0.4) is 0 Å². The fraction of sp³-hybridized carbons (Fsp3) is 0.188. The second-order valence-corrected chi connectivity index (χ2v) is 4.72. The van der Waals surface area contributed by atoms with Crippen LogP contribution in [0.4, 0.5) is 11.6 Å². The van der Waals surface area contributed by atoms with Crippen molar-refractivity contribution in [3.8, 4) is 0 Å². The highest BCUT2D eigenvalue weighted by molar-refractivity contribution is 5.93. The molecule has 0 aliphatic carbocycles. The monoisotopic (exact) mass is 282 g/mol. The molecule has 1 heterocycles. The highest BCUT2D eigenvalue weighted by atomic mass is 16.1. The van der Waals surface area contributed by atoms with Crippen LogP contribution in [-0.2, 0) is 0 Å². The van der Waals surface area contributed by atoms with Crippen molar-refractivity contribution >= 4 is 17.5 Å². The predicted octanol–water partition coefficient (Wildman–Crippen LogP) is 2.75. The van der Waals surface area contributed by atoms with Crippen LogP contribution in [0.1, 0.15) is 21.5 Å². The molecule has 0 radical (unpaired) electrons. The molecule has 2 rings (SSSR count). The lowest BCUT2D eigenvalue weighted by Crippen LogP contribution is -2.23. The number of carbonyl (C=O) groups is 1. The van der Waals surface area contributed by atoms with Crippen molar-refractivity contribution in [2.24, 2.45) is 0 Å². The lowest BCUT2D eigenvalue weighted by Gasteiger charge is -2.07. The van der Waals surface area contributed by atoms with Crippen molar-refractivity contribution in [2.75, 3.05) is 11.9 Å². The van der Waals surface area contributed by atoms with Gasteiger partial charge in [0, 0.05) is 24.6 Å². The molecule has 1 aromatic heterocycles. The number of aromatic nitrogens is 2. The predicted molar refractivity (Wildman–Crippen MR) is 83.8 cm³/mol. The summed E-state index contributed by atoms with van der Waals surface area (Å²) in [4.78, 5) is 20.0. The number of amides is 1. The zero-order valence-electron chi connectivity index (χ0n) is 12.2. The summed E-state index contributed by atoms with van der Waals surface area (Å²) < 4.78 is 0. The van der Waals surface area contributed by atoms with Crippen molar-refractivity contribution < 1.29 is 4.79 Å². The molecule has 0 saturated heterocycles. The zero-order chi connectivity index (χ0) is 15.2. The van der Waals surface area contributed by atoms with E-state index in [1.54, 1.807) is 6.08 Å². The van der Waals surface area contributed by atoms with Crippen LogP contribution in [0.2, 0.25) is 0 Å². The van der Waals surface area contributed by atoms with E-state index in [1.807, 2.05) is 18.2 Å². The number of rotatable bonds is 5. The molecule has 2 aromatic rings. The fourth-order valence-electron chi connectivity index (χ4n) is 1.73. The van der Waals surface area contributed by atoms with Crippen LogP contribution in [-0.4, -0.2) is 22.4 Å². The summed E-state index contributed by atoms with van der Waals surface area (Å²) in [6, 6.07) is 6.04. The third-order valence-electron chi connectivity index (χ3n) is 3.08. The Kier molecular flexibility index (Phi) is 4.66. The normalized spacial score (nSPS) is 10.0. The molecule has 108 valence electrons. The molecular formula is C16H18N4O. The van der Waals surface area contributed by atoms with Gasteiger partial charge < -0.3 is 10.6 Å². The largest absolute Gasteiger partial charge is 0.348 e. The molecule has 2 N–H and O–H groups in total. The molecule has 5 heteroatoms. The Morgan fingerprint density at radius 3 is 2.57 bits per heavy atom. The van der Waals surface area contributed by atoms with Gasteiger partial charge in [-0.1, -0.05) is 12.1 Å². The number of carbonyl (C=O) groups excluding carboxylic acids is 1. The summed E-state index contributed by atoms with van der Waals surface area (Å²) in [7, 11) is 0. The van der Waals surface area contributed by atoms with Gasteiger partial charge in [-0.15, -0.1) is 6.58 Å². The topological polar surface area (TPSA) is 66.9 Å². The van der Waals surface area contributed by atoms with Crippen molar-refractivity contribution in [2.45, 2.75) is 13.8 Å². The molecule has 1 aromatic carbocycles. The summed E-state index contributed by atoms with van der Waals surface area (Å²) >= 11 is 0. The van der Waals surface area contributed by atoms with Gasteiger partial charge in [0.25, 0.3) is 5.91 Å². The first-order chi connectivity index (χ1) is 10.1. The standard InChI is InChI=1S/C16H18N4O/c1-4-7-17-15(21)13-9-18-16(19-10-13)20-14-6-5-11(2)12(3)8-14/h4-6,8-10H,1,7H2,2-3H3,(H,17,21)(H,18,19,20). The lowest BCUT2D eigenvalue weighted by atomic mass is 10.1. The van der Waals surface area contributed by atoms with E-state index in [-0.39, 0.29) is 5.91 Å². The van der Waals surface area contributed by atoms with Crippen molar-refractivity contribution in [1.29, 1.82) is 0 Å². The van der Waals surface area contributed by atoms with Gasteiger partial charge in [0.1, 0.15) is 0 Å². The molecular weight excluding hydrogens is 264 g/mol. The average molecular weight is 282 g/mol. The van der Waals surface area contributed by atoms with Gasteiger partial charge in [-0.2, -0.15) is 0 Å². The second kappa shape index (κ2) is 6.65. The molecule has 0 atom stereocenters. The fourth-order valence-corrected chi connectivity index (χ4v) is 1.73. The summed E-state index contributed by atoms with van der Waals surface area (Å²) in [5, 5.41) is 5.79. The molecule has 0 unspecified atom stereocenters. The van der Waals surface area contributed by atoms with Crippen LogP contribution >= 0.6 is 0 Å². The Morgan fingerprint density at radius 2 is 1.95 bits per heavy atom. The van der Waals surface area contributed by atoms with Crippen LogP contribution in [0.25, 0.3) is 0 Å². The first-order valence-electron chi connectivity index (χ1n) is 6.65. The van der Waals surface area contributed by atoms with E-state index in [1.165, 1.54) is 23.5 Å². The van der Waals surface area contributed by atoms with E-state index in [4.69, 9.17) is 0 Å². The third kappa shape index (κ3) is 3.89. The summed E-state index contributed by atoms with van der Waals surface area (Å²) in [6.45, 7) is 8.07. The number of benzene rings is 1. The minimum atomic E-state index is -0.215. The first-order valence-corrected chi connectivity index (χ1v) is 6.65. The van der Waals surface area contributed by atoms with Crippen molar-refractivity contribution in [1.82, 2.24) is 15.3 Å². The van der Waals surface area contributed by atoms with Crippen LogP contribution < -0.4 is 10.6 Å². The third-order valence-corrected chi connectivity index (χ3v) is 3.08. The van der Waals surface area contributed by atoms with Gasteiger partial charge in [-0.3, -0.25) is 4.79 Å². The van der Waals surface area contributed by atoms with Gasteiger partial charge >= 0.3 is 0 Å². The Labute approximate surface area is 124 Å². The van der Waals surface area contributed by atoms with Gasteiger partial charge in [0.2, 0.25) is 5.95 Å². The summed E-state index contributed by atoms with van der Waals surface area (Å²) in [6.07, 6.45) is 4.61. The van der Waals surface area contributed by atoms with Crippen molar-refractivity contribution in [3.63, 3.8) is 0 Å². The number of hydrogen-bond acceptors (Lipinski definition) is 4. The molecule has 0 aliphatic rings. The quantitative estimate of drug-likeness (QED) is 0.827. The van der Waals surface area contributed by atoms with Crippen molar-refractivity contribution in [3.05, 3.63) is 59.9 Å². The summed E-state index contributed by atoms with van der Waals surface area (Å²) in [5.74, 6) is 0.242. The first kappa shape index (κ1) is 14.7. The zero-order valence-corrected chi connectivity index (χ0v) is 12.2. The number of anilines is 2. The van der Waals surface area contributed by atoms with Crippen LogP contribution in [0.5, 0.6) is 0 Å². The van der Waals surface area contributed by atoms with Gasteiger partial charge in [-0.25, -0.2) is 9.97 Å². The van der Waals surface area contributed by atoms with Crippen LogP contribution in [0.15, 0.2) is 43.2 Å². The minimum Gasteiger partial charge on any atom is -0.348 e. The average Bonchev–Trinajstić information content (AvgIpc) is 2.49. The number of hydrogen-bond donors (Lipinski definition) is 2. The molecule has 5 nitrogen and oxygen atoms in total. The Bertz CT molecular complexity index is 650. The Balaban J connectivity index is 2.06. The SMILES string of the molecule is C=CCNC(=O)c1cnc(Nc2ccc(C)c(C)c2)nc1. The maximum atomic E-state index is 11.7. The highest BCUT2D eigenvalue weighted by Crippen LogP contribution is 2.17. The Morgan fingerprint density at radius 1 is 1.24 bits per heavy atom. The minimum absolute atomic E-state index is 0.215. The maximum absolute atomic E-state index is 11.7.